The van der Waals surface area contributed by atoms with Gasteiger partial charge in [0.15, 0.2) is 0 Å². The van der Waals surface area contributed by atoms with Gasteiger partial charge in [0, 0.05) is 33.7 Å². The van der Waals surface area contributed by atoms with E-state index in [0.29, 0.717) is 22.3 Å². The van der Waals surface area contributed by atoms with Crippen LogP contribution in [0.15, 0.2) is 93.8 Å². The Balaban J connectivity index is 1.37. The number of aromatic hydroxyl groups is 4. The molecule has 2 aromatic heterocycles. The predicted octanol–water partition coefficient (Wildman–Crippen LogP) is 7.64. The highest BCUT2D eigenvalue weighted by Crippen LogP contribution is 2.40. The van der Waals surface area contributed by atoms with E-state index in [2.05, 4.69) is 0 Å². The van der Waals surface area contributed by atoms with Crippen LogP contribution in [0.2, 0.25) is 0 Å². The standard InChI is InChI=1S/C30H18O6/c31-19-5-17(6-20(32)11-19)15-1-3-23-25-13-30-26(14-29(25)35-27(23)9-15)24-4-2-16(10-28(24)36-30)18-7-21(33)12-22(34)8-18/h1-14,31-34H. The molecule has 4 N–H and O–H groups in total. The van der Waals surface area contributed by atoms with E-state index in [1.54, 1.807) is 24.3 Å². The van der Waals surface area contributed by atoms with Crippen molar-refractivity contribution in [2.45, 2.75) is 0 Å². The van der Waals surface area contributed by atoms with Crippen molar-refractivity contribution in [1.29, 1.82) is 0 Å². The molecule has 0 fully saturated rings. The molecular formula is C30H18O6. The summed E-state index contributed by atoms with van der Waals surface area (Å²) >= 11 is 0. The summed E-state index contributed by atoms with van der Waals surface area (Å²) in [6.07, 6.45) is 0. The molecule has 6 heteroatoms. The molecule has 0 radical (unpaired) electrons. The van der Waals surface area contributed by atoms with Gasteiger partial charge in [0.2, 0.25) is 0 Å². The first-order valence-corrected chi connectivity index (χ1v) is 11.3. The Labute approximate surface area is 203 Å². The lowest BCUT2D eigenvalue weighted by molar-refractivity contribution is 0.450. The van der Waals surface area contributed by atoms with Gasteiger partial charge in [-0.25, -0.2) is 0 Å². The summed E-state index contributed by atoms with van der Waals surface area (Å²) in [4.78, 5) is 0. The minimum atomic E-state index is -0.00836. The van der Waals surface area contributed by atoms with Crippen LogP contribution in [0.25, 0.3) is 66.1 Å². The van der Waals surface area contributed by atoms with Crippen LogP contribution in [0.5, 0.6) is 23.0 Å². The molecule has 0 spiro atoms. The lowest BCUT2D eigenvalue weighted by atomic mass is 10.0. The van der Waals surface area contributed by atoms with Crippen LogP contribution in [0.1, 0.15) is 0 Å². The molecule has 0 saturated heterocycles. The Morgan fingerprint density at radius 2 is 0.694 bits per heavy atom. The summed E-state index contributed by atoms with van der Waals surface area (Å²) in [5, 5.41) is 43.1. The van der Waals surface area contributed by atoms with E-state index in [1.807, 2.05) is 48.5 Å². The zero-order valence-corrected chi connectivity index (χ0v) is 18.7. The molecule has 0 aliphatic heterocycles. The van der Waals surface area contributed by atoms with E-state index in [1.165, 1.54) is 12.1 Å². The highest BCUT2D eigenvalue weighted by atomic mass is 16.3. The molecule has 36 heavy (non-hydrogen) atoms. The number of rotatable bonds is 2. The zero-order chi connectivity index (χ0) is 24.6. The minimum Gasteiger partial charge on any atom is -0.508 e. The molecule has 2 heterocycles. The summed E-state index contributed by atoms with van der Waals surface area (Å²) in [5.41, 5.74) is 5.81. The van der Waals surface area contributed by atoms with Crippen LogP contribution in [-0.4, -0.2) is 20.4 Å². The topological polar surface area (TPSA) is 107 Å². The lowest BCUT2D eigenvalue weighted by Crippen LogP contribution is -1.78. The van der Waals surface area contributed by atoms with E-state index < -0.39 is 0 Å². The highest BCUT2D eigenvalue weighted by Gasteiger charge is 2.15. The SMILES string of the molecule is Oc1cc(O)cc(-c2ccc3c(c2)oc2cc4c(cc23)oc2cc(-c3cc(O)cc(O)c3)ccc24)c1. The second-order valence-corrected chi connectivity index (χ2v) is 8.95. The van der Waals surface area contributed by atoms with Crippen LogP contribution in [0, 0.1) is 0 Å². The second-order valence-electron chi connectivity index (χ2n) is 8.95. The maximum Gasteiger partial charge on any atom is 0.136 e. The van der Waals surface area contributed by atoms with E-state index in [-0.39, 0.29) is 23.0 Å². The number of phenols is 4. The normalized spacial score (nSPS) is 11.8. The third-order valence-corrected chi connectivity index (χ3v) is 6.54. The fraction of sp³-hybridized carbons (Fsp3) is 0. The highest BCUT2D eigenvalue weighted by molar-refractivity contribution is 6.15. The largest absolute Gasteiger partial charge is 0.508 e. The number of fused-ring (bicyclic) bond motifs is 6. The van der Waals surface area contributed by atoms with Crippen LogP contribution >= 0.6 is 0 Å². The summed E-state index contributed by atoms with van der Waals surface area (Å²) < 4.78 is 12.4. The van der Waals surface area contributed by atoms with Crippen LogP contribution in [-0.2, 0) is 0 Å². The van der Waals surface area contributed by atoms with Crippen molar-refractivity contribution in [1.82, 2.24) is 0 Å². The Bertz CT molecular complexity index is 1810. The summed E-state index contributed by atoms with van der Waals surface area (Å²) in [7, 11) is 0. The Morgan fingerprint density at radius 3 is 1.08 bits per heavy atom. The van der Waals surface area contributed by atoms with E-state index in [4.69, 9.17) is 8.83 Å². The van der Waals surface area contributed by atoms with Crippen molar-refractivity contribution in [2.75, 3.05) is 0 Å². The van der Waals surface area contributed by atoms with Crippen molar-refractivity contribution in [3.63, 3.8) is 0 Å². The van der Waals surface area contributed by atoms with Crippen LogP contribution < -0.4 is 0 Å². The van der Waals surface area contributed by atoms with Crippen LogP contribution in [0.4, 0.5) is 0 Å². The molecule has 0 unspecified atom stereocenters. The van der Waals surface area contributed by atoms with Crippen molar-refractivity contribution in [3.05, 3.63) is 84.9 Å². The monoisotopic (exact) mass is 474 g/mol. The zero-order valence-electron chi connectivity index (χ0n) is 18.7. The Kier molecular flexibility index (Phi) is 4.06. The minimum absolute atomic E-state index is 0.00836. The van der Waals surface area contributed by atoms with Crippen molar-refractivity contribution in [3.8, 4) is 45.3 Å². The molecular weight excluding hydrogens is 456 g/mol. The molecule has 0 atom stereocenters. The van der Waals surface area contributed by atoms with Crippen LogP contribution in [0.3, 0.4) is 0 Å². The van der Waals surface area contributed by atoms with Crippen molar-refractivity contribution >= 4 is 43.9 Å². The van der Waals surface area contributed by atoms with Gasteiger partial charge < -0.3 is 29.3 Å². The molecule has 7 aromatic rings. The quantitative estimate of drug-likeness (QED) is 0.205. The summed E-state index contributed by atoms with van der Waals surface area (Å²) in [6, 6.07) is 24.4. The molecule has 0 aliphatic carbocycles. The van der Waals surface area contributed by atoms with Crippen molar-refractivity contribution in [2.24, 2.45) is 0 Å². The summed E-state index contributed by atoms with van der Waals surface area (Å²) in [6.45, 7) is 0. The van der Waals surface area contributed by atoms with E-state index >= 15 is 0 Å². The van der Waals surface area contributed by atoms with Gasteiger partial charge in [-0.1, -0.05) is 12.1 Å². The molecule has 7 rings (SSSR count). The number of hydrogen-bond acceptors (Lipinski definition) is 6. The first kappa shape index (κ1) is 20.3. The average Bonchev–Trinajstić information content (AvgIpc) is 3.37. The second kappa shape index (κ2) is 7.20. The molecule has 5 aromatic carbocycles. The smallest absolute Gasteiger partial charge is 0.136 e. The van der Waals surface area contributed by atoms with E-state index in [0.717, 1.165) is 43.8 Å². The number of hydrogen-bond donors (Lipinski definition) is 4. The number of benzene rings is 5. The lowest BCUT2D eigenvalue weighted by Gasteiger charge is -2.04. The first-order chi connectivity index (χ1) is 17.4. The van der Waals surface area contributed by atoms with Gasteiger partial charge in [0.05, 0.1) is 0 Å². The fourth-order valence-corrected chi connectivity index (χ4v) is 4.93. The van der Waals surface area contributed by atoms with Gasteiger partial charge in [-0.3, -0.25) is 0 Å². The molecule has 0 bridgehead atoms. The molecule has 0 aliphatic rings. The maximum absolute atomic E-state index is 9.84. The average molecular weight is 474 g/mol. The molecule has 6 nitrogen and oxygen atoms in total. The Hall–Kier alpha value is -5.10. The number of phenolic OH excluding ortho intramolecular Hbond substituents is 4. The van der Waals surface area contributed by atoms with Gasteiger partial charge in [-0.05, 0) is 82.9 Å². The first-order valence-electron chi connectivity index (χ1n) is 11.3. The molecule has 174 valence electrons. The third-order valence-electron chi connectivity index (χ3n) is 6.54. The molecule has 0 amide bonds. The van der Waals surface area contributed by atoms with Gasteiger partial charge >= 0.3 is 0 Å². The van der Waals surface area contributed by atoms with Crippen molar-refractivity contribution < 1.29 is 29.3 Å². The van der Waals surface area contributed by atoms with Gasteiger partial charge in [-0.15, -0.1) is 0 Å². The van der Waals surface area contributed by atoms with E-state index in [9.17, 15) is 20.4 Å². The maximum atomic E-state index is 9.84. The van der Waals surface area contributed by atoms with Gasteiger partial charge in [-0.2, -0.15) is 0 Å². The fourth-order valence-electron chi connectivity index (χ4n) is 4.93. The van der Waals surface area contributed by atoms with Gasteiger partial charge in [0.25, 0.3) is 0 Å². The van der Waals surface area contributed by atoms with Gasteiger partial charge in [0.1, 0.15) is 45.3 Å². The summed E-state index contributed by atoms with van der Waals surface area (Å²) in [5.74, 6) is -0.0335. The molecule has 0 saturated carbocycles. The Morgan fingerprint density at radius 1 is 0.333 bits per heavy atom. The number of furan rings is 2. The predicted molar refractivity (Wildman–Crippen MR) is 139 cm³/mol. The third kappa shape index (κ3) is 3.12.